The minimum Gasteiger partial charge on any atom is -0.480 e. The van der Waals surface area contributed by atoms with Crippen LogP contribution in [-0.2, 0) is 4.79 Å². The number of hydrogen-bond acceptors (Lipinski definition) is 2. The Bertz CT molecular complexity index is 289. The average Bonchev–Trinajstić information content (AvgIpc) is 2.46. The van der Waals surface area contributed by atoms with Gasteiger partial charge in [0.1, 0.15) is 6.04 Å². The molecular weight excluding hydrogens is 250 g/mol. The van der Waals surface area contributed by atoms with Crippen LogP contribution in [0.2, 0.25) is 0 Å². The molecule has 0 aromatic heterocycles. The van der Waals surface area contributed by atoms with Crippen LogP contribution in [0.25, 0.3) is 0 Å². The second-order valence-corrected chi connectivity index (χ2v) is 6.78. The molecule has 0 amide bonds. The van der Waals surface area contributed by atoms with Gasteiger partial charge in [0, 0.05) is 6.04 Å². The molecule has 3 fully saturated rings. The van der Waals surface area contributed by atoms with Gasteiger partial charge in [0.25, 0.3) is 0 Å². The molecule has 3 rings (SSSR count). The van der Waals surface area contributed by atoms with Crippen molar-refractivity contribution in [1.29, 1.82) is 0 Å². The van der Waals surface area contributed by atoms with E-state index >= 15 is 0 Å². The maximum atomic E-state index is 11.5. The third-order valence-electron chi connectivity index (χ3n) is 5.17. The van der Waals surface area contributed by atoms with Gasteiger partial charge in [0.15, 0.2) is 0 Å². The molecule has 0 spiro atoms. The Morgan fingerprint density at radius 3 is 1.90 bits per heavy atom. The molecule has 2 bridgehead atoms. The molecule has 3 atom stereocenters. The van der Waals surface area contributed by atoms with Crippen LogP contribution >= 0.6 is 0 Å². The Morgan fingerprint density at radius 2 is 1.30 bits per heavy atom. The standard InChI is InChI=1S/C17H31NO2/c19-17(20)16-14-10-8-6-4-2-1-3-5-7-9-11-15(18-16)13-12-14/h14-16,18H,1-13H2,(H,19,20)/t14-,15+,16-/m0/s1. The van der Waals surface area contributed by atoms with Crippen molar-refractivity contribution in [3.05, 3.63) is 0 Å². The Balaban J connectivity index is 1.89. The smallest absolute Gasteiger partial charge is 0.320 e. The summed E-state index contributed by atoms with van der Waals surface area (Å²) in [6, 6.07) is 0.149. The fourth-order valence-corrected chi connectivity index (χ4v) is 3.90. The molecule has 1 aliphatic carbocycles. The third kappa shape index (κ3) is 5.08. The van der Waals surface area contributed by atoms with Crippen molar-refractivity contribution in [2.45, 2.75) is 95.6 Å². The maximum absolute atomic E-state index is 11.5. The normalized spacial score (nSPS) is 34.1. The Labute approximate surface area is 123 Å². The summed E-state index contributed by atoms with van der Waals surface area (Å²) in [6.07, 6.45) is 16.4. The molecule has 0 aromatic carbocycles. The van der Waals surface area contributed by atoms with Crippen LogP contribution in [0.1, 0.15) is 83.5 Å². The van der Waals surface area contributed by atoms with E-state index in [2.05, 4.69) is 5.32 Å². The molecule has 1 saturated carbocycles. The molecule has 2 N–H and O–H groups in total. The molecule has 20 heavy (non-hydrogen) atoms. The molecule has 2 aliphatic heterocycles. The number of rotatable bonds is 1. The molecule has 0 radical (unpaired) electrons. The lowest BCUT2D eigenvalue weighted by molar-refractivity contribution is -0.142. The van der Waals surface area contributed by atoms with Crippen molar-refractivity contribution < 1.29 is 9.90 Å². The number of carboxylic acid groups (broad SMARTS) is 1. The zero-order valence-electron chi connectivity index (χ0n) is 12.8. The summed E-state index contributed by atoms with van der Waals surface area (Å²) in [5, 5.41) is 12.9. The van der Waals surface area contributed by atoms with E-state index in [1.807, 2.05) is 0 Å². The molecule has 3 heteroatoms. The highest BCUT2D eigenvalue weighted by atomic mass is 16.4. The first-order valence-electron chi connectivity index (χ1n) is 8.76. The van der Waals surface area contributed by atoms with E-state index in [4.69, 9.17) is 0 Å². The molecule has 3 aliphatic rings. The highest BCUT2D eigenvalue weighted by molar-refractivity contribution is 5.74. The average molecular weight is 281 g/mol. The predicted molar refractivity (Wildman–Crippen MR) is 81.9 cm³/mol. The summed E-state index contributed by atoms with van der Waals surface area (Å²) in [5.74, 6) is -0.280. The number of hydrogen-bond donors (Lipinski definition) is 2. The molecule has 2 saturated heterocycles. The first-order chi connectivity index (χ1) is 9.77. The van der Waals surface area contributed by atoms with Crippen molar-refractivity contribution in [1.82, 2.24) is 5.32 Å². The van der Waals surface area contributed by atoms with E-state index in [0.29, 0.717) is 12.0 Å². The van der Waals surface area contributed by atoms with Crippen molar-refractivity contribution in [3.63, 3.8) is 0 Å². The van der Waals surface area contributed by atoms with E-state index in [9.17, 15) is 9.90 Å². The summed E-state index contributed by atoms with van der Waals surface area (Å²) >= 11 is 0. The van der Waals surface area contributed by atoms with Crippen molar-refractivity contribution in [2.24, 2.45) is 5.92 Å². The van der Waals surface area contributed by atoms with Crippen LogP contribution in [0, 0.1) is 5.92 Å². The van der Waals surface area contributed by atoms with Gasteiger partial charge in [-0.1, -0.05) is 57.8 Å². The van der Waals surface area contributed by atoms with E-state index in [1.165, 1.54) is 64.2 Å². The first kappa shape index (κ1) is 15.8. The minimum absolute atomic E-state index is 0.293. The molecule has 116 valence electrons. The topological polar surface area (TPSA) is 49.3 Å². The van der Waals surface area contributed by atoms with E-state index in [0.717, 1.165) is 19.3 Å². The van der Waals surface area contributed by atoms with Crippen LogP contribution in [0.3, 0.4) is 0 Å². The van der Waals surface area contributed by atoms with Gasteiger partial charge in [0.2, 0.25) is 0 Å². The van der Waals surface area contributed by atoms with Gasteiger partial charge in [-0.05, 0) is 31.6 Å². The fourth-order valence-electron chi connectivity index (χ4n) is 3.90. The van der Waals surface area contributed by atoms with Gasteiger partial charge in [-0.2, -0.15) is 0 Å². The highest BCUT2D eigenvalue weighted by Crippen LogP contribution is 2.28. The summed E-state index contributed by atoms with van der Waals surface area (Å²) in [7, 11) is 0. The Morgan fingerprint density at radius 1 is 0.750 bits per heavy atom. The predicted octanol–water partition coefficient (Wildman–Crippen LogP) is 4.11. The number of piperidine rings is 1. The van der Waals surface area contributed by atoms with Gasteiger partial charge in [-0.25, -0.2) is 0 Å². The summed E-state index contributed by atoms with van der Waals surface area (Å²) in [5.41, 5.74) is 0. The Kier molecular flexibility index (Phi) is 6.85. The lowest BCUT2D eigenvalue weighted by atomic mass is 9.82. The van der Waals surface area contributed by atoms with Gasteiger partial charge < -0.3 is 10.4 Å². The maximum Gasteiger partial charge on any atom is 0.320 e. The highest BCUT2D eigenvalue weighted by Gasteiger charge is 2.33. The van der Waals surface area contributed by atoms with E-state index in [1.54, 1.807) is 0 Å². The van der Waals surface area contributed by atoms with E-state index < -0.39 is 5.97 Å². The van der Waals surface area contributed by atoms with E-state index in [-0.39, 0.29) is 6.04 Å². The number of nitrogens with one attached hydrogen (secondary N) is 1. The number of aliphatic carboxylic acids is 1. The van der Waals surface area contributed by atoms with Crippen LogP contribution in [-0.4, -0.2) is 23.2 Å². The van der Waals surface area contributed by atoms with Crippen molar-refractivity contribution >= 4 is 5.97 Å². The monoisotopic (exact) mass is 281 g/mol. The summed E-state index contributed by atoms with van der Waals surface area (Å²) in [6.45, 7) is 0. The quantitative estimate of drug-likeness (QED) is 0.760. The number of fused-ring (bicyclic) bond motifs is 12. The SMILES string of the molecule is O=C(O)[C@H]1N[C@@H]2CCCCCCCCCCC[C@H]1CC2. The molecule has 2 heterocycles. The second kappa shape index (κ2) is 8.66. The lowest BCUT2D eigenvalue weighted by Crippen LogP contribution is -2.51. The lowest BCUT2D eigenvalue weighted by Gasteiger charge is -2.35. The van der Waals surface area contributed by atoms with Crippen LogP contribution in [0.15, 0.2) is 0 Å². The van der Waals surface area contributed by atoms with Crippen molar-refractivity contribution in [3.8, 4) is 0 Å². The van der Waals surface area contributed by atoms with Crippen molar-refractivity contribution in [2.75, 3.05) is 0 Å². The minimum atomic E-state index is -0.635. The van der Waals surface area contributed by atoms with Gasteiger partial charge in [-0.15, -0.1) is 0 Å². The van der Waals surface area contributed by atoms with Gasteiger partial charge in [-0.3, -0.25) is 4.79 Å². The molecular formula is C17H31NO2. The van der Waals surface area contributed by atoms with Crippen LogP contribution in [0.4, 0.5) is 0 Å². The summed E-state index contributed by atoms with van der Waals surface area (Å²) in [4.78, 5) is 11.5. The van der Waals surface area contributed by atoms with Gasteiger partial charge in [0.05, 0.1) is 0 Å². The molecule has 0 unspecified atom stereocenters. The number of carbonyl (C=O) groups is 1. The molecule has 3 nitrogen and oxygen atoms in total. The Hall–Kier alpha value is -0.570. The zero-order chi connectivity index (χ0) is 14.2. The first-order valence-corrected chi connectivity index (χ1v) is 8.76. The fraction of sp³-hybridized carbons (Fsp3) is 0.941. The summed E-state index contributed by atoms with van der Waals surface area (Å²) < 4.78 is 0. The third-order valence-corrected chi connectivity index (χ3v) is 5.17. The van der Waals surface area contributed by atoms with Crippen LogP contribution < -0.4 is 5.32 Å². The largest absolute Gasteiger partial charge is 0.480 e. The van der Waals surface area contributed by atoms with Crippen LogP contribution in [0.5, 0.6) is 0 Å². The second-order valence-electron chi connectivity index (χ2n) is 6.78. The zero-order valence-corrected chi connectivity index (χ0v) is 12.8. The molecule has 0 aromatic rings. The number of carboxylic acids is 1. The van der Waals surface area contributed by atoms with Gasteiger partial charge >= 0.3 is 5.97 Å².